The average Bonchev–Trinajstić information content (AvgIpc) is 2.95. The van der Waals surface area contributed by atoms with Crippen molar-refractivity contribution in [1.82, 2.24) is 15.0 Å². The van der Waals surface area contributed by atoms with Crippen LogP contribution in [-0.2, 0) is 6.54 Å². The van der Waals surface area contributed by atoms with Gasteiger partial charge in [-0.05, 0) is 40.8 Å². The number of nitrogens with zero attached hydrogens (tertiary/aromatic N) is 3. The number of nitrogens with one attached hydrogen (secondary N) is 1. The Labute approximate surface area is 132 Å². The van der Waals surface area contributed by atoms with Crippen LogP contribution in [0.2, 0.25) is 0 Å². The zero-order valence-electron chi connectivity index (χ0n) is 10.3. The number of imidazole rings is 1. The van der Waals surface area contributed by atoms with Crippen LogP contribution in [0.1, 0.15) is 0 Å². The lowest BCUT2D eigenvalue weighted by molar-refractivity contribution is 0.849. The summed E-state index contributed by atoms with van der Waals surface area (Å²) in [5.74, 6) is 7.29. The molecule has 1 aliphatic rings. The first-order valence-corrected chi connectivity index (χ1v) is 7.95. The maximum Gasteiger partial charge on any atom is 0.144 e. The van der Waals surface area contributed by atoms with E-state index in [-0.39, 0.29) is 0 Å². The molecule has 3 heterocycles. The molecule has 1 aromatic carbocycles. The molecule has 5 nitrogen and oxygen atoms in total. The van der Waals surface area contributed by atoms with E-state index in [1.807, 2.05) is 18.2 Å². The molecule has 7 heteroatoms. The summed E-state index contributed by atoms with van der Waals surface area (Å²) in [6.07, 6.45) is 0. The molecule has 0 atom stereocenters. The predicted octanol–water partition coefficient (Wildman–Crippen LogP) is 2.88. The van der Waals surface area contributed by atoms with E-state index in [9.17, 15) is 0 Å². The van der Waals surface area contributed by atoms with Gasteiger partial charge in [0, 0.05) is 0 Å². The van der Waals surface area contributed by atoms with Crippen molar-refractivity contribution in [2.24, 2.45) is 10.8 Å². The van der Waals surface area contributed by atoms with E-state index in [0.29, 0.717) is 6.54 Å². The minimum atomic E-state index is 0.602. The molecule has 0 spiro atoms. The van der Waals surface area contributed by atoms with Crippen LogP contribution in [0.4, 0.5) is 5.00 Å². The molecule has 3 aromatic rings. The van der Waals surface area contributed by atoms with E-state index in [2.05, 4.69) is 49.7 Å². The Hall–Kier alpha value is -1.45. The van der Waals surface area contributed by atoms with Gasteiger partial charge in [-0.3, -0.25) is 0 Å². The highest BCUT2D eigenvalue weighted by Crippen LogP contribution is 2.41. The largest absolute Gasteiger partial charge is 0.316 e. The highest BCUT2D eigenvalue weighted by atomic mass is 127. The second-order valence-electron chi connectivity index (χ2n) is 4.48. The van der Waals surface area contributed by atoms with Gasteiger partial charge in [0.15, 0.2) is 0 Å². The summed E-state index contributed by atoms with van der Waals surface area (Å²) in [6.45, 7) is 0.602. The van der Waals surface area contributed by atoms with Gasteiger partial charge in [-0.15, -0.1) is 11.3 Å². The van der Waals surface area contributed by atoms with Crippen LogP contribution in [0, 0.1) is 2.88 Å². The fraction of sp³-hybridized carbons (Fsp3) is 0.0769. The van der Waals surface area contributed by atoms with Crippen molar-refractivity contribution in [3.63, 3.8) is 0 Å². The summed E-state index contributed by atoms with van der Waals surface area (Å²) in [7, 11) is 0. The molecular weight excluding hydrogens is 385 g/mol. The molecule has 0 saturated carbocycles. The van der Waals surface area contributed by atoms with Gasteiger partial charge in [0.1, 0.15) is 16.7 Å². The highest BCUT2D eigenvalue weighted by molar-refractivity contribution is 14.1. The molecule has 0 fully saturated rings. The van der Waals surface area contributed by atoms with Crippen LogP contribution < -0.4 is 11.3 Å². The molecule has 0 unspecified atom stereocenters. The van der Waals surface area contributed by atoms with Crippen molar-refractivity contribution < 1.29 is 0 Å². The molecule has 0 aliphatic carbocycles. The van der Waals surface area contributed by atoms with Gasteiger partial charge in [0.25, 0.3) is 0 Å². The minimum Gasteiger partial charge on any atom is -0.316 e. The van der Waals surface area contributed by atoms with E-state index < -0.39 is 0 Å². The molecule has 4 rings (SSSR count). The number of hydrogen-bond acceptors (Lipinski definition) is 5. The molecule has 0 bridgehead atoms. The Bertz CT molecular complexity index is 848. The third kappa shape index (κ3) is 1.77. The lowest BCUT2D eigenvalue weighted by Crippen LogP contribution is -2.33. The SMILES string of the molecule is NNC1=Nc2sc(I)cc2-c2nc3ccccc3n2C1. The van der Waals surface area contributed by atoms with E-state index in [1.165, 1.54) is 2.88 Å². The molecule has 0 radical (unpaired) electrons. The van der Waals surface area contributed by atoms with Gasteiger partial charge < -0.3 is 9.99 Å². The van der Waals surface area contributed by atoms with E-state index in [4.69, 9.17) is 10.8 Å². The number of amidine groups is 1. The van der Waals surface area contributed by atoms with Crippen LogP contribution in [0.25, 0.3) is 22.4 Å². The van der Waals surface area contributed by atoms with Gasteiger partial charge in [-0.2, -0.15) is 0 Å². The van der Waals surface area contributed by atoms with Crippen molar-refractivity contribution in [2.75, 3.05) is 0 Å². The number of rotatable bonds is 0. The second-order valence-corrected chi connectivity index (χ2v) is 7.41. The van der Waals surface area contributed by atoms with Gasteiger partial charge in [-0.25, -0.2) is 15.8 Å². The zero-order chi connectivity index (χ0) is 13.7. The molecule has 0 amide bonds. The Morgan fingerprint density at radius 1 is 1.35 bits per heavy atom. The highest BCUT2D eigenvalue weighted by Gasteiger charge is 2.22. The van der Waals surface area contributed by atoms with Crippen LogP contribution in [0.5, 0.6) is 0 Å². The maximum absolute atomic E-state index is 5.59. The fourth-order valence-electron chi connectivity index (χ4n) is 2.42. The molecule has 20 heavy (non-hydrogen) atoms. The monoisotopic (exact) mass is 395 g/mol. The topological polar surface area (TPSA) is 68.2 Å². The van der Waals surface area contributed by atoms with Gasteiger partial charge in [0.05, 0.1) is 26.0 Å². The standard InChI is InChI=1S/C13H10IN5S/c14-10-5-7-12-16-8-3-1-2-4-9(8)19(12)6-11(18-15)17-13(7)20-10/h1-5H,6,15H2,(H,17,18). The third-order valence-corrected chi connectivity index (χ3v) is 5.08. The van der Waals surface area contributed by atoms with Crippen LogP contribution >= 0.6 is 33.9 Å². The summed E-state index contributed by atoms with van der Waals surface area (Å²) in [6, 6.07) is 10.3. The fourth-order valence-corrected chi connectivity index (χ4v) is 4.14. The van der Waals surface area contributed by atoms with Crippen molar-refractivity contribution in [1.29, 1.82) is 0 Å². The number of nitrogens with two attached hydrogens (primary N) is 1. The summed E-state index contributed by atoms with van der Waals surface area (Å²) in [5.41, 5.74) is 5.86. The molecule has 0 saturated heterocycles. The Morgan fingerprint density at radius 2 is 2.20 bits per heavy atom. The minimum absolute atomic E-state index is 0.602. The van der Waals surface area contributed by atoms with Crippen molar-refractivity contribution in [2.45, 2.75) is 6.54 Å². The van der Waals surface area contributed by atoms with Crippen LogP contribution in [0.3, 0.4) is 0 Å². The number of halogens is 1. The molecule has 100 valence electrons. The number of hydrazine groups is 1. The maximum atomic E-state index is 5.59. The van der Waals surface area contributed by atoms with Crippen molar-refractivity contribution in [3.8, 4) is 11.4 Å². The number of hydrogen-bond donors (Lipinski definition) is 2. The van der Waals surface area contributed by atoms with Crippen molar-refractivity contribution >= 4 is 55.8 Å². The number of para-hydroxylation sites is 2. The van der Waals surface area contributed by atoms with E-state index in [0.717, 1.165) is 33.3 Å². The summed E-state index contributed by atoms with van der Waals surface area (Å²) in [5, 5.41) is 0.955. The lowest BCUT2D eigenvalue weighted by Gasteiger charge is -2.07. The third-order valence-electron chi connectivity index (χ3n) is 3.29. The second kappa shape index (κ2) is 4.54. The van der Waals surface area contributed by atoms with Gasteiger partial charge in [0.2, 0.25) is 0 Å². The van der Waals surface area contributed by atoms with Crippen LogP contribution in [0.15, 0.2) is 35.3 Å². The Morgan fingerprint density at radius 3 is 3.05 bits per heavy atom. The Balaban J connectivity index is 2.08. The van der Waals surface area contributed by atoms with Gasteiger partial charge >= 0.3 is 0 Å². The first kappa shape index (κ1) is 12.3. The first-order chi connectivity index (χ1) is 9.76. The molecule has 1 aliphatic heterocycles. The molecule has 3 N–H and O–H groups in total. The smallest absolute Gasteiger partial charge is 0.144 e. The van der Waals surface area contributed by atoms with Crippen LogP contribution in [-0.4, -0.2) is 15.4 Å². The van der Waals surface area contributed by atoms with Crippen molar-refractivity contribution in [3.05, 3.63) is 33.2 Å². The van der Waals surface area contributed by atoms with E-state index in [1.54, 1.807) is 11.3 Å². The summed E-state index contributed by atoms with van der Waals surface area (Å²) in [4.78, 5) is 9.37. The Kier molecular flexibility index (Phi) is 2.79. The van der Waals surface area contributed by atoms with E-state index >= 15 is 0 Å². The lowest BCUT2D eigenvalue weighted by atomic mass is 10.3. The average molecular weight is 395 g/mol. The number of aromatic nitrogens is 2. The number of thiophene rings is 1. The number of fused-ring (bicyclic) bond motifs is 5. The predicted molar refractivity (Wildman–Crippen MR) is 90.2 cm³/mol. The summed E-state index contributed by atoms with van der Waals surface area (Å²) >= 11 is 3.96. The normalized spacial score (nSPS) is 13.6. The quantitative estimate of drug-likeness (QED) is 0.350. The zero-order valence-corrected chi connectivity index (χ0v) is 13.3. The molecular formula is C13H10IN5S. The summed E-state index contributed by atoms with van der Waals surface area (Å²) < 4.78 is 3.34. The van der Waals surface area contributed by atoms with Gasteiger partial charge in [-0.1, -0.05) is 12.1 Å². The first-order valence-electron chi connectivity index (χ1n) is 6.05. The number of benzene rings is 1. The number of aliphatic imine (C=N–C) groups is 1. The molecule has 2 aromatic heterocycles.